The van der Waals surface area contributed by atoms with Gasteiger partial charge in [0, 0.05) is 5.80 Å². The molecule has 0 aliphatic carbocycles. The van der Waals surface area contributed by atoms with E-state index in [2.05, 4.69) is 36.4 Å². The van der Waals surface area contributed by atoms with E-state index in [1.807, 2.05) is 84.9 Å². The molecular weight excluding hydrogens is 441 g/mol. The van der Waals surface area contributed by atoms with Gasteiger partial charge in [-0.05, 0) is 28.4 Å². The van der Waals surface area contributed by atoms with Gasteiger partial charge < -0.3 is 4.74 Å². The average Bonchev–Trinajstić information content (AvgIpc) is 3.31. The molecule has 1 aliphatic rings. The topological polar surface area (TPSA) is 46.6 Å². The van der Waals surface area contributed by atoms with Crippen LogP contribution in [0.4, 0.5) is 4.79 Å². The molecule has 0 spiro atoms. The molecule has 1 aliphatic heterocycles. The zero-order chi connectivity index (χ0) is 23.4. The minimum absolute atomic E-state index is 0.149. The summed E-state index contributed by atoms with van der Waals surface area (Å²) in [6.07, 6.45) is -0.609. The molecule has 0 radical (unpaired) electrons. The zero-order valence-electron chi connectivity index (χ0n) is 18.5. The van der Waals surface area contributed by atoms with E-state index in [4.69, 9.17) is 4.74 Å². The SMILES string of the molecule is O=C(C=P(c1ccccc1)(c1ccccc1)c1ccccc1)N1C(=O)OCC1c1ccccc1. The summed E-state index contributed by atoms with van der Waals surface area (Å²) in [5.74, 6) is 1.43. The maximum Gasteiger partial charge on any atom is 0.417 e. The van der Waals surface area contributed by atoms with Gasteiger partial charge in [0.15, 0.2) is 0 Å². The van der Waals surface area contributed by atoms with E-state index in [1.54, 1.807) is 5.80 Å². The smallest absolute Gasteiger partial charge is 0.417 e. The first-order chi connectivity index (χ1) is 16.7. The van der Waals surface area contributed by atoms with Crippen molar-refractivity contribution in [1.29, 1.82) is 0 Å². The van der Waals surface area contributed by atoms with Crippen molar-refractivity contribution < 1.29 is 14.3 Å². The van der Waals surface area contributed by atoms with Crippen LogP contribution < -0.4 is 15.9 Å². The molecule has 0 saturated carbocycles. The van der Waals surface area contributed by atoms with E-state index in [1.165, 1.54) is 4.90 Å². The van der Waals surface area contributed by atoms with Gasteiger partial charge in [-0.2, -0.15) is 0 Å². The molecule has 1 heterocycles. The molecule has 1 atom stereocenters. The second-order valence-electron chi connectivity index (χ2n) is 8.07. The monoisotopic (exact) mass is 465 g/mol. The highest BCUT2D eigenvalue weighted by Gasteiger charge is 2.39. The van der Waals surface area contributed by atoms with Crippen molar-refractivity contribution in [1.82, 2.24) is 4.90 Å². The van der Waals surface area contributed by atoms with Crippen LogP contribution in [0.5, 0.6) is 0 Å². The molecule has 34 heavy (non-hydrogen) atoms. The number of hydrogen-bond acceptors (Lipinski definition) is 3. The highest BCUT2D eigenvalue weighted by molar-refractivity contribution is 7.95. The molecule has 5 heteroatoms. The molecule has 5 rings (SSSR count). The van der Waals surface area contributed by atoms with Gasteiger partial charge in [-0.15, -0.1) is 0 Å². The van der Waals surface area contributed by atoms with E-state index in [0.717, 1.165) is 21.5 Å². The number of amides is 2. The second-order valence-corrected chi connectivity index (χ2v) is 11.3. The molecule has 1 unspecified atom stereocenters. The van der Waals surface area contributed by atoms with Crippen LogP contribution in [0.15, 0.2) is 121 Å². The molecule has 4 aromatic carbocycles. The Morgan fingerprint density at radius 2 is 1.12 bits per heavy atom. The summed E-state index contributed by atoms with van der Waals surface area (Å²) < 4.78 is 5.34. The first-order valence-electron chi connectivity index (χ1n) is 11.2. The Morgan fingerprint density at radius 3 is 1.56 bits per heavy atom. The molecule has 1 saturated heterocycles. The van der Waals surface area contributed by atoms with E-state index >= 15 is 0 Å². The summed E-state index contributed by atoms with van der Waals surface area (Å²) in [4.78, 5) is 28.0. The maximum atomic E-state index is 14.0. The number of nitrogens with zero attached hydrogens (tertiary/aromatic N) is 1. The Balaban J connectivity index is 1.74. The van der Waals surface area contributed by atoms with E-state index < -0.39 is 19.0 Å². The predicted octanol–water partition coefficient (Wildman–Crippen LogP) is 4.50. The van der Waals surface area contributed by atoms with Gasteiger partial charge in [-0.3, -0.25) is 4.79 Å². The fourth-order valence-corrected chi connectivity index (χ4v) is 8.20. The third-order valence-electron chi connectivity index (χ3n) is 6.09. The molecule has 0 bridgehead atoms. The fraction of sp³-hybridized carbons (Fsp3) is 0.0690. The van der Waals surface area contributed by atoms with Crippen molar-refractivity contribution in [2.75, 3.05) is 6.61 Å². The number of carbonyl (C=O) groups is 2. The standard InChI is InChI=1S/C29H24NO3P/c31-28(30-27(21-33-29(30)32)23-13-5-1-6-14-23)22-34(24-15-7-2-8-16-24,25-17-9-3-10-18-25)26-19-11-4-12-20-26/h1-20,22,27H,21H2. The average molecular weight is 465 g/mol. The van der Waals surface area contributed by atoms with Crippen LogP contribution in [0, 0.1) is 0 Å². The van der Waals surface area contributed by atoms with Gasteiger partial charge in [0.1, 0.15) is 12.6 Å². The lowest BCUT2D eigenvalue weighted by Gasteiger charge is -2.29. The lowest BCUT2D eigenvalue weighted by molar-refractivity contribution is -0.121. The van der Waals surface area contributed by atoms with E-state index in [9.17, 15) is 9.59 Å². The Hall–Kier alpha value is -3.88. The Labute approximate surface area is 199 Å². The fourth-order valence-electron chi connectivity index (χ4n) is 4.47. The Bertz CT molecular complexity index is 1240. The predicted molar refractivity (Wildman–Crippen MR) is 139 cm³/mol. The van der Waals surface area contributed by atoms with Gasteiger partial charge >= 0.3 is 6.09 Å². The van der Waals surface area contributed by atoms with Crippen LogP contribution in [0.3, 0.4) is 0 Å². The molecule has 1 fully saturated rings. The number of imide groups is 1. The lowest BCUT2D eigenvalue weighted by atomic mass is 10.1. The van der Waals surface area contributed by atoms with Crippen molar-refractivity contribution in [3.8, 4) is 0 Å². The number of cyclic esters (lactones) is 1. The van der Waals surface area contributed by atoms with Crippen LogP contribution in [0.25, 0.3) is 0 Å². The molecule has 4 nitrogen and oxygen atoms in total. The highest BCUT2D eigenvalue weighted by atomic mass is 31.2. The van der Waals surface area contributed by atoms with Gasteiger partial charge in [-0.1, -0.05) is 121 Å². The van der Waals surface area contributed by atoms with Crippen LogP contribution in [0.1, 0.15) is 11.6 Å². The summed E-state index contributed by atoms with van der Waals surface area (Å²) in [5, 5.41) is 3.14. The minimum Gasteiger partial charge on any atom is -0.446 e. The third-order valence-corrected chi connectivity index (χ3v) is 10.0. The van der Waals surface area contributed by atoms with E-state index in [0.29, 0.717) is 0 Å². The van der Waals surface area contributed by atoms with Gasteiger partial charge in [0.05, 0.1) is 0 Å². The van der Waals surface area contributed by atoms with E-state index in [-0.39, 0.29) is 12.5 Å². The zero-order valence-corrected chi connectivity index (χ0v) is 19.4. The highest BCUT2D eigenvalue weighted by Crippen LogP contribution is 2.44. The third kappa shape index (κ3) is 3.98. The number of ether oxygens (including phenoxy) is 1. The maximum absolute atomic E-state index is 14.0. The van der Waals surface area contributed by atoms with Gasteiger partial charge in [0.25, 0.3) is 5.91 Å². The molecule has 0 aromatic heterocycles. The quantitative estimate of drug-likeness (QED) is 0.408. The summed E-state index contributed by atoms with van der Waals surface area (Å²) in [6, 6.07) is 39.3. The van der Waals surface area contributed by atoms with Crippen LogP contribution in [0.2, 0.25) is 0 Å². The van der Waals surface area contributed by atoms with Crippen LogP contribution in [-0.4, -0.2) is 29.3 Å². The normalized spacial score (nSPS) is 15.6. The minimum atomic E-state index is -2.53. The first-order valence-corrected chi connectivity index (χ1v) is 13.0. The molecule has 4 aromatic rings. The van der Waals surface area contributed by atoms with Crippen molar-refractivity contribution in [3.63, 3.8) is 0 Å². The first kappa shape index (κ1) is 21.9. The van der Waals surface area contributed by atoms with Gasteiger partial charge in [-0.25, -0.2) is 9.69 Å². The van der Waals surface area contributed by atoms with Gasteiger partial charge in [0.2, 0.25) is 0 Å². The number of rotatable bonds is 5. The molecular formula is C29H24NO3P. The van der Waals surface area contributed by atoms with Crippen LogP contribution in [-0.2, 0) is 9.53 Å². The summed E-state index contributed by atoms with van der Waals surface area (Å²) in [5.41, 5.74) is 0.873. The van der Waals surface area contributed by atoms with Crippen LogP contribution >= 0.6 is 6.89 Å². The lowest BCUT2D eigenvalue weighted by Crippen LogP contribution is -2.38. The summed E-state index contributed by atoms with van der Waals surface area (Å²) >= 11 is 0. The number of benzene rings is 4. The summed E-state index contributed by atoms with van der Waals surface area (Å²) in [6.45, 7) is -2.38. The number of hydrogen-bond donors (Lipinski definition) is 0. The number of carbonyl (C=O) groups excluding carboxylic acids is 2. The van der Waals surface area contributed by atoms with Crippen molar-refractivity contribution in [2.45, 2.75) is 6.04 Å². The van der Waals surface area contributed by atoms with Crippen molar-refractivity contribution in [2.24, 2.45) is 0 Å². The largest absolute Gasteiger partial charge is 0.446 e. The Morgan fingerprint density at radius 1 is 0.706 bits per heavy atom. The van der Waals surface area contributed by atoms with Crippen molar-refractivity contribution in [3.05, 3.63) is 127 Å². The molecule has 0 N–H and O–H groups in total. The molecule has 168 valence electrons. The molecule has 2 amide bonds. The van der Waals surface area contributed by atoms with Crippen molar-refractivity contribution >= 4 is 40.6 Å². The Kier molecular flexibility index (Phi) is 6.16. The summed E-state index contributed by atoms with van der Waals surface area (Å²) in [7, 11) is 0. The second kappa shape index (κ2) is 9.54.